The van der Waals surface area contributed by atoms with Crippen LogP contribution in [0.3, 0.4) is 0 Å². The molecule has 1 heterocycles. The average Bonchev–Trinajstić information content (AvgIpc) is 3.00. The van der Waals surface area contributed by atoms with Crippen molar-refractivity contribution in [1.29, 1.82) is 0 Å². The van der Waals surface area contributed by atoms with E-state index in [0.29, 0.717) is 23.2 Å². The highest BCUT2D eigenvalue weighted by atomic mass is 16.5. The van der Waals surface area contributed by atoms with Gasteiger partial charge in [0.05, 0.1) is 20.8 Å². The van der Waals surface area contributed by atoms with Gasteiger partial charge in [-0.1, -0.05) is 25.9 Å². The topological polar surface area (TPSA) is 77.7 Å². The van der Waals surface area contributed by atoms with Gasteiger partial charge in [0.2, 0.25) is 17.6 Å². The maximum Gasteiger partial charge on any atom is 0.246 e. The Balaban J connectivity index is 2.18. The Bertz CT molecular complexity index is 719. The van der Waals surface area contributed by atoms with E-state index in [1.54, 1.807) is 38.3 Å². The van der Waals surface area contributed by atoms with Gasteiger partial charge in [-0.3, -0.25) is 4.79 Å². The number of rotatable bonds is 5. The lowest BCUT2D eigenvalue weighted by Crippen LogP contribution is -2.36. The molecule has 0 bridgehead atoms. The lowest BCUT2D eigenvalue weighted by Gasteiger charge is -2.24. The summed E-state index contributed by atoms with van der Waals surface area (Å²) in [6.45, 7) is 5.87. The van der Waals surface area contributed by atoms with Crippen LogP contribution in [-0.4, -0.2) is 42.2 Å². The van der Waals surface area contributed by atoms with E-state index < -0.39 is 5.41 Å². The Kier molecular flexibility index (Phi) is 5.11. The highest BCUT2D eigenvalue weighted by molar-refractivity contribution is 5.81. The SMILES string of the molecule is COc1ccc(-c2noc(CN(C)C(=O)C(C)(C)C)n2)cc1OC. The fourth-order valence-corrected chi connectivity index (χ4v) is 2.26. The zero-order valence-corrected chi connectivity index (χ0v) is 14.9. The highest BCUT2D eigenvalue weighted by Crippen LogP contribution is 2.31. The van der Waals surface area contributed by atoms with Crippen LogP contribution in [0.1, 0.15) is 26.7 Å². The molecular formula is C17H23N3O4. The lowest BCUT2D eigenvalue weighted by molar-refractivity contribution is -0.138. The molecule has 24 heavy (non-hydrogen) atoms. The standard InChI is InChI=1S/C17H23N3O4/c1-17(2,3)16(21)20(4)10-14-18-15(19-24-14)11-7-8-12(22-5)13(9-11)23-6/h7-9H,10H2,1-6H3. The molecule has 0 aliphatic heterocycles. The van der Waals surface area contributed by atoms with Gasteiger partial charge in [0.1, 0.15) is 0 Å². The minimum Gasteiger partial charge on any atom is -0.493 e. The van der Waals surface area contributed by atoms with E-state index in [0.717, 1.165) is 5.56 Å². The van der Waals surface area contributed by atoms with Crippen LogP contribution in [-0.2, 0) is 11.3 Å². The minimum absolute atomic E-state index is 0.00775. The van der Waals surface area contributed by atoms with Crippen molar-refractivity contribution in [2.24, 2.45) is 5.41 Å². The van der Waals surface area contributed by atoms with Gasteiger partial charge in [-0.15, -0.1) is 0 Å². The molecule has 1 amide bonds. The van der Waals surface area contributed by atoms with Crippen LogP contribution >= 0.6 is 0 Å². The number of hydrogen-bond donors (Lipinski definition) is 0. The van der Waals surface area contributed by atoms with E-state index in [9.17, 15) is 4.79 Å². The second-order valence-electron chi connectivity index (χ2n) is 6.49. The van der Waals surface area contributed by atoms with Gasteiger partial charge < -0.3 is 18.9 Å². The van der Waals surface area contributed by atoms with Gasteiger partial charge in [0.15, 0.2) is 11.5 Å². The van der Waals surface area contributed by atoms with Crippen molar-refractivity contribution in [3.63, 3.8) is 0 Å². The molecular weight excluding hydrogens is 310 g/mol. The van der Waals surface area contributed by atoms with Crippen molar-refractivity contribution in [2.75, 3.05) is 21.3 Å². The van der Waals surface area contributed by atoms with Crippen molar-refractivity contribution in [3.8, 4) is 22.9 Å². The predicted molar refractivity (Wildman–Crippen MR) is 88.8 cm³/mol. The third kappa shape index (κ3) is 3.84. The summed E-state index contributed by atoms with van der Waals surface area (Å²) in [4.78, 5) is 18.1. The molecule has 0 saturated heterocycles. The van der Waals surface area contributed by atoms with Crippen LogP contribution < -0.4 is 9.47 Å². The third-order valence-corrected chi connectivity index (χ3v) is 3.47. The van der Waals surface area contributed by atoms with Crippen LogP contribution in [0, 0.1) is 5.41 Å². The monoisotopic (exact) mass is 333 g/mol. The largest absolute Gasteiger partial charge is 0.493 e. The fourth-order valence-electron chi connectivity index (χ4n) is 2.26. The fraction of sp³-hybridized carbons (Fsp3) is 0.471. The second kappa shape index (κ2) is 6.90. The van der Waals surface area contributed by atoms with E-state index >= 15 is 0 Å². The Morgan fingerprint density at radius 3 is 2.46 bits per heavy atom. The number of carbonyl (C=O) groups is 1. The summed E-state index contributed by atoms with van der Waals surface area (Å²) in [7, 11) is 4.86. The number of aromatic nitrogens is 2. The second-order valence-corrected chi connectivity index (χ2v) is 6.49. The third-order valence-electron chi connectivity index (χ3n) is 3.47. The van der Waals surface area contributed by atoms with Crippen LogP contribution in [0.15, 0.2) is 22.7 Å². The molecule has 0 radical (unpaired) electrons. The first-order valence-electron chi connectivity index (χ1n) is 7.57. The van der Waals surface area contributed by atoms with Gasteiger partial charge in [-0.2, -0.15) is 4.98 Å². The van der Waals surface area contributed by atoms with E-state index in [-0.39, 0.29) is 12.5 Å². The van der Waals surface area contributed by atoms with Crippen molar-refractivity contribution in [1.82, 2.24) is 15.0 Å². The molecule has 0 saturated carbocycles. The summed E-state index contributed by atoms with van der Waals surface area (Å²) >= 11 is 0. The average molecular weight is 333 g/mol. The van der Waals surface area contributed by atoms with E-state index in [1.807, 2.05) is 26.8 Å². The first-order chi connectivity index (χ1) is 11.3. The minimum atomic E-state index is -0.457. The Morgan fingerprint density at radius 1 is 1.21 bits per heavy atom. The molecule has 0 aliphatic carbocycles. The van der Waals surface area contributed by atoms with Crippen LogP contribution in [0.25, 0.3) is 11.4 Å². The smallest absolute Gasteiger partial charge is 0.246 e. The molecule has 7 nitrogen and oxygen atoms in total. The summed E-state index contributed by atoms with van der Waals surface area (Å²) in [5, 5.41) is 3.97. The van der Waals surface area contributed by atoms with Crippen molar-refractivity contribution in [3.05, 3.63) is 24.1 Å². The van der Waals surface area contributed by atoms with Crippen LogP contribution in [0.2, 0.25) is 0 Å². The molecule has 0 fully saturated rings. The number of carbonyl (C=O) groups excluding carboxylic acids is 1. The Hall–Kier alpha value is -2.57. The summed E-state index contributed by atoms with van der Waals surface area (Å²) in [6, 6.07) is 5.37. The van der Waals surface area contributed by atoms with Crippen molar-refractivity contribution in [2.45, 2.75) is 27.3 Å². The van der Waals surface area contributed by atoms with E-state index in [2.05, 4.69) is 10.1 Å². The summed E-state index contributed by atoms with van der Waals surface area (Å²) in [5.74, 6) is 2.03. The summed E-state index contributed by atoms with van der Waals surface area (Å²) in [6.07, 6.45) is 0. The molecule has 0 unspecified atom stereocenters. The predicted octanol–water partition coefficient (Wildman–Crippen LogP) is 2.76. The molecule has 7 heteroatoms. The van der Waals surface area contributed by atoms with Crippen LogP contribution in [0.4, 0.5) is 0 Å². The lowest BCUT2D eigenvalue weighted by atomic mass is 9.95. The zero-order valence-electron chi connectivity index (χ0n) is 14.9. The normalized spacial score (nSPS) is 11.2. The number of hydrogen-bond acceptors (Lipinski definition) is 6. The van der Waals surface area contributed by atoms with Crippen molar-refractivity contribution < 1.29 is 18.8 Å². The molecule has 0 aliphatic rings. The maximum atomic E-state index is 12.2. The van der Waals surface area contributed by atoms with Gasteiger partial charge in [0, 0.05) is 18.0 Å². The summed E-state index contributed by atoms with van der Waals surface area (Å²) in [5.41, 5.74) is 0.286. The molecule has 2 rings (SSSR count). The van der Waals surface area contributed by atoms with Crippen LogP contribution in [0.5, 0.6) is 11.5 Å². The first kappa shape index (κ1) is 17.8. The Morgan fingerprint density at radius 2 is 1.88 bits per heavy atom. The van der Waals surface area contributed by atoms with Crippen molar-refractivity contribution >= 4 is 5.91 Å². The first-order valence-corrected chi connectivity index (χ1v) is 7.57. The number of nitrogens with zero attached hydrogens (tertiary/aromatic N) is 3. The molecule has 1 aromatic heterocycles. The van der Waals surface area contributed by atoms with Gasteiger partial charge in [-0.05, 0) is 18.2 Å². The zero-order chi connectivity index (χ0) is 17.9. The van der Waals surface area contributed by atoms with E-state index in [4.69, 9.17) is 14.0 Å². The Labute approximate surface area is 141 Å². The number of ether oxygens (including phenoxy) is 2. The summed E-state index contributed by atoms with van der Waals surface area (Å²) < 4.78 is 15.7. The van der Waals surface area contributed by atoms with Gasteiger partial charge in [0.25, 0.3) is 0 Å². The number of benzene rings is 1. The number of amides is 1. The molecule has 2 aromatic rings. The molecule has 130 valence electrons. The molecule has 0 spiro atoms. The molecule has 0 N–H and O–H groups in total. The molecule has 0 atom stereocenters. The maximum absolute atomic E-state index is 12.2. The van der Waals surface area contributed by atoms with Gasteiger partial charge >= 0.3 is 0 Å². The van der Waals surface area contributed by atoms with Gasteiger partial charge in [-0.25, -0.2) is 0 Å². The number of methoxy groups -OCH3 is 2. The van der Waals surface area contributed by atoms with E-state index in [1.165, 1.54) is 0 Å². The highest BCUT2D eigenvalue weighted by Gasteiger charge is 2.26. The quantitative estimate of drug-likeness (QED) is 0.837. The molecule has 1 aromatic carbocycles.